The topological polar surface area (TPSA) is 55.0 Å². The van der Waals surface area contributed by atoms with Gasteiger partial charge in [-0.1, -0.05) is 25.0 Å². The van der Waals surface area contributed by atoms with Gasteiger partial charge in [-0.2, -0.15) is 0 Å². The van der Waals surface area contributed by atoms with Gasteiger partial charge in [0, 0.05) is 12.0 Å². The van der Waals surface area contributed by atoms with E-state index in [0.29, 0.717) is 18.3 Å². The van der Waals surface area contributed by atoms with E-state index < -0.39 is 0 Å². The lowest BCUT2D eigenvalue weighted by Gasteiger charge is -2.12. The number of hydrogen-bond acceptors (Lipinski definition) is 3. The molecule has 21 heavy (non-hydrogen) atoms. The van der Waals surface area contributed by atoms with Gasteiger partial charge in [-0.25, -0.2) is 4.98 Å². The zero-order valence-electron chi connectivity index (χ0n) is 12.3. The highest BCUT2D eigenvalue weighted by molar-refractivity contribution is 5.63. The predicted molar refractivity (Wildman–Crippen MR) is 82.7 cm³/mol. The average molecular weight is 284 g/mol. The Hall–Kier alpha value is -2.10. The molecule has 3 rings (SSSR count). The van der Waals surface area contributed by atoms with Crippen LogP contribution in [0.15, 0.2) is 35.1 Å². The number of benzene rings is 1. The third-order valence-electron chi connectivity index (χ3n) is 3.98. The molecule has 0 radical (unpaired) electrons. The second-order valence-corrected chi connectivity index (χ2v) is 5.43. The molecule has 4 nitrogen and oxygen atoms in total. The van der Waals surface area contributed by atoms with E-state index in [-0.39, 0.29) is 5.56 Å². The van der Waals surface area contributed by atoms with Crippen LogP contribution in [0.4, 0.5) is 0 Å². The van der Waals surface area contributed by atoms with Gasteiger partial charge in [-0.05, 0) is 31.9 Å². The van der Waals surface area contributed by atoms with E-state index in [0.717, 1.165) is 29.8 Å². The van der Waals surface area contributed by atoms with E-state index in [1.54, 1.807) is 6.07 Å². The minimum absolute atomic E-state index is 0.0896. The van der Waals surface area contributed by atoms with Crippen LogP contribution in [0, 0.1) is 0 Å². The second-order valence-electron chi connectivity index (χ2n) is 5.43. The molecule has 1 aromatic heterocycles. The molecule has 1 aliphatic carbocycles. The van der Waals surface area contributed by atoms with Crippen molar-refractivity contribution in [3.63, 3.8) is 0 Å². The Labute approximate surface area is 124 Å². The molecule has 0 saturated heterocycles. The van der Waals surface area contributed by atoms with Crippen LogP contribution in [0.5, 0.6) is 5.75 Å². The van der Waals surface area contributed by atoms with E-state index in [4.69, 9.17) is 9.72 Å². The average Bonchev–Trinajstić information content (AvgIpc) is 3.02. The summed E-state index contributed by atoms with van der Waals surface area (Å²) in [5.74, 6) is 1.78. The van der Waals surface area contributed by atoms with Gasteiger partial charge in [0.2, 0.25) is 0 Å². The van der Waals surface area contributed by atoms with Crippen LogP contribution < -0.4 is 10.3 Å². The predicted octanol–water partition coefficient (Wildman–Crippen LogP) is 3.49. The van der Waals surface area contributed by atoms with E-state index >= 15 is 0 Å². The molecule has 0 aliphatic heterocycles. The first-order valence-electron chi connectivity index (χ1n) is 7.61. The third kappa shape index (κ3) is 2.99. The van der Waals surface area contributed by atoms with Crippen molar-refractivity contribution < 1.29 is 4.74 Å². The summed E-state index contributed by atoms with van der Waals surface area (Å²) in [6.45, 7) is 2.53. The molecule has 0 unspecified atom stereocenters. The lowest BCUT2D eigenvalue weighted by molar-refractivity contribution is 0.341. The maximum Gasteiger partial charge on any atom is 0.251 e. The Morgan fingerprint density at radius 2 is 2.05 bits per heavy atom. The zero-order valence-corrected chi connectivity index (χ0v) is 12.3. The fourth-order valence-electron chi connectivity index (χ4n) is 2.98. The molecule has 0 atom stereocenters. The number of aromatic amines is 1. The Bertz CT molecular complexity index is 672. The summed E-state index contributed by atoms with van der Waals surface area (Å²) in [6, 6.07) is 9.33. The van der Waals surface area contributed by atoms with Crippen molar-refractivity contribution in [2.45, 2.75) is 38.5 Å². The van der Waals surface area contributed by atoms with Crippen LogP contribution in [-0.4, -0.2) is 16.6 Å². The fourth-order valence-corrected chi connectivity index (χ4v) is 2.98. The SMILES string of the molecule is CCOc1ccccc1-c1nc(C2CCCC2)cc(=O)[nH]1. The summed E-state index contributed by atoms with van der Waals surface area (Å²) in [5.41, 5.74) is 1.67. The van der Waals surface area contributed by atoms with Crippen LogP contribution in [0.2, 0.25) is 0 Å². The number of nitrogens with zero attached hydrogens (tertiary/aromatic N) is 1. The molecule has 1 N–H and O–H groups in total. The Balaban J connectivity index is 2.04. The second kappa shape index (κ2) is 6.12. The minimum Gasteiger partial charge on any atom is -0.493 e. The summed E-state index contributed by atoms with van der Waals surface area (Å²) in [7, 11) is 0. The standard InChI is InChI=1S/C17H20N2O2/c1-2-21-15-10-6-5-9-13(15)17-18-14(11-16(20)19-17)12-7-3-4-8-12/h5-6,9-12H,2-4,7-8H2,1H3,(H,18,19,20). The molecule has 1 fully saturated rings. The number of rotatable bonds is 4. The maximum atomic E-state index is 12.0. The molecule has 110 valence electrons. The van der Waals surface area contributed by atoms with Crippen LogP contribution in [-0.2, 0) is 0 Å². The lowest BCUT2D eigenvalue weighted by Crippen LogP contribution is -2.12. The molecule has 2 aromatic rings. The van der Waals surface area contributed by atoms with Crippen molar-refractivity contribution in [3.8, 4) is 17.1 Å². The van der Waals surface area contributed by atoms with Gasteiger partial charge >= 0.3 is 0 Å². The monoisotopic (exact) mass is 284 g/mol. The molecule has 0 amide bonds. The van der Waals surface area contributed by atoms with Gasteiger partial charge in [-0.15, -0.1) is 0 Å². The molecule has 0 bridgehead atoms. The highest BCUT2D eigenvalue weighted by Crippen LogP contribution is 2.34. The Morgan fingerprint density at radius 1 is 1.29 bits per heavy atom. The van der Waals surface area contributed by atoms with Crippen molar-refractivity contribution >= 4 is 0 Å². The van der Waals surface area contributed by atoms with Crippen LogP contribution in [0.1, 0.15) is 44.2 Å². The summed E-state index contributed by atoms with van der Waals surface area (Å²) < 4.78 is 5.63. The van der Waals surface area contributed by atoms with Gasteiger partial charge in [0.25, 0.3) is 5.56 Å². The molecule has 1 aromatic carbocycles. The highest BCUT2D eigenvalue weighted by atomic mass is 16.5. The Morgan fingerprint density at radius 3 is 2.81 bits per heavy atom. The van der Waals surface area contributed by atoms with E-state index in [9.17, 15) is 4.79 Å². The Kier molecular flexibility index (Phi) is 4.04. The van der Waals surface area contributed by atoms with Crippen molar-refractivity contribution in [1.29, 1.82) is 0 Å². The van der Waals surface area contributed by atoms with Gasteiger partial charge in [0.05, 0.1) is 17.9 Å². The number of para-hydroxylation sites is 1. The lowest BCUT2D eigenvalue weighted by atomic mass is 10.0. The number of nitrogens with one attached hydrogen (secondary N) is 1. The first kappa shape index (κ1) is 13.9. The fraction of sp³-hybridized carbons (Fsp3) is 0.412. The number of hydrogen-bond donors (Lipinski definition) is 1. The quantitative estimate of drug-likeness (QED) is 0.935. The molecule has 1 saturated carbocycles. The molecule has 1 aliphatic rings. The van der Waals surface area contributed by atoms with Crippen LogP contribution >= 0.6 is 0 Å². The summed E-state index contributed by atoms with van der Waals surface area (Å²) >= 11 is 0. The number of ether oxygens (including phenoxy) is 1. The van der Waals surface area contributed by atoms with E-state index in [2.05, 4.69) is 4.98 Å². The highest BCUT2D eigenvalue weighted by Gasteiger charge is 2.20. The number of H-pyrrole nitrogens is 1. The summed E-state index contributed by atoms with van der Waals surface area (Å²) in [6.07, 6.45) is 4.71. The van der Waals surface area contributed by atoms with Crippen LogP contribution in [0.3, 0.4) is 0 Å². The van der Waals surface area contributed by atoms with Crippen molar-refractivity contribution in [2.75, 3.05) is 6.61 Å². The molecule has 0 spiro atoms. The van der Waals surface area contributed by atoms with Gasteiger partial charge in [0.1, 0.15) is 11.6 Å². The normalized spacial score (nSPS) is 15.3. The van der Waals surface area contributed by atoms with E-state index in [1.807, 2.05) is 31.2 Å². The first-order chi connectivity index (χ1) is 10.3. The number of aromatic nitrogens is 2. The van der Waals surface area contributed by atoms with Crippen molar-refractivity contribution in [1.82, 2.24) is 9.97 Å². The smallest absolute Gasteiger partial charge is 0.251 e. The first-order valence-corrected chi connectivity index (χ1v) is 7.61. The van der Waals surface area contributed by atoms with Gasteiger partial charge in [-0.3, -0.25) is 4.79 Å². The molecule has 4 heteroatoms. The van der Waals surface area contributed by atoms with E-state index in [1.165, 1.54) is 12.8 Å². The summed E-state index contributed by atoms with van der Waals surface area (Å²) in [4.78, 5) is 19.5. The third-order valence-corrected chi connectivity index (χ3v) is 3.98. The minimum atomic E-state index is -0.0896. The molecule has 1 heterocycles. The van der Waals surface area contributed by atoms with Crippen LogP contribution in [0.25, 0.3) is 11.4 Å². The van der Waals surface area contributed by atoms with Crippen molar-refractivity contribution in [3.05, 3.63) is 46.4 Å². The molecular formula is C17H20N2O2. The van der Waals surface area contributed by atoms with Crippen molar-refractivity contribution in [2.24, 2.45) is 0 Å². The van der Waals surface area contributed by atoms with Gasteiger partial charge < -0.3 is 9.72 Å². The maximum absolute atomic E-state index is 12.0. The van der Waals surface area contributed by atoms with Gasteiger partial charge in [0.15, 0.2) is 0 Å². The zero-order chi connectivity index (χ0) is 14.7. The molecular weight excluding hydrogens is 264 g/mol. The largest absolute Gasteiger partial charge is 0.493 e. The summed E-state index contributed by atoms with van der Waals surface area (Å²) in [5, 5.41) is 0.